The van der Waals surface area contributed by atoms with Crippen LogP contribution in [-0.2, 0) is 30.5 Å². The Balaban J connectivity index is 1.47. The molecule has 2 heterocycles. The van der Waals surface area contributed by atoms with Crippen LogP contribution in [-0.4, -0.2) is 35.0 Å². The summed E-state index contributed by atoms with van der Waals surface area (Å²) in [6, 6.07) is 11.0. The van der Waals surface area contributed by atoms with E-state index in [1.165, 1.54) is 24.5 Å². The highest BCUT2D eigenvalue weighted by molar-refractivity contribution is 5.91. The van der Waals surface area contributed by atoms with Crippen LogP contribution in [0.3, 0.4) is 0 Å². The number of hydrogen-bond acceptors (Lipinski definition) is 5. The molecule has 0 saturated carbocycles. The third kappa shape index (κ3) is 7.12. The molecule has 1 saturated heterocycles. The molecule has 1 amide bonds. The summed E-state index contributed by atoms with van der Waals surface area (Å²) in [4.78, 5) is 18.4. The van der Waals surface area contributed by atoms with E-state index in [-0.39, 0.29) is 37.3 Å². The van der Waals surface area contributed by atoms with Gasteiger partial charge in [0.25, 0.3) is 5.91 Å². The first-order valence-corrected chi connectivity index (χ1v) is 11.2. The fourth-order valence-electron chi connectivity index (χ4n) is 3.95. The molecule has 0 bridgehead atoms. The van der Waals surface area contributed by atoms with E-state index in [2.05, 4.69) is 10.3 Å². The van der Waals surface area contributed by atoms with E-state index < -0.39 is 23.5 Å². The van der Waals surface area contributed by atoms with Crippen LogP contribution in [0.15, 0.2) is 59.2 Å². The molecule has 0 aliphatic carbocycles. The van der Waals surface area contributed by atoms with Gasteiger partial charge >= 0.3 is 6.18 Å². The number of nitrogens with zero attached hydrogens (tertiary/aromatic N) is 2. The van der Waals surface area contributed by atoms with Gasteiger partial charge in [-0.3, -0.25) is 9.69 Å². The lowest BCUT2D eigenvalue weighted by Crippen LogP contribution is -2.32. The summed E-state index contributed by atoms with van der Waals surface area (Å²) in [5.41, 5.74) is 0.417. The number of halogens is 4. The third-order valence-corrected chi connectivity index (χ3v) is 5.61. The van der Waals surface area contributed by atoms with Crippen molar-refractivity contribution in [1.29, 1.82) is 0 Å². The zero-order valence-corrected chi connectivity index (χ0v) is 18.9. The quantitative estimate of drug-likeness (QED) is 0.430. The van der Waals surface area contributed by atoms with Crippen LogP contribution in [0.25, 0.3) is 0 Å². The summed E-state index contributed by atoms with van der Waals surface area (Å²) in [6.07, 6.45) is -1.39. The maximum absolute atomic E-state index is 13.7. The van der Waals surface area contributed by atoms with Crippen molar-refractivity contribution in [2.45, 2.75) is 44.8 Å². The molecule has 4 rings (SSSR count). The molecule has 0 radical (unpaired) electrons. The Morgan fingerprint density at radius 1 is 1.09 bits per heavy atom. The molecule has 10 heteroatoms. The fourth-order valence-corrected chi connectivity index (χ4v) is 3.95. The molecule has 6 nitrogen and oxygen atoms in total. The Labute approximate surface area is 199 Å². The number of carbonyl (C=O) groups excluding carboxylic acids is 1. The average molecular weight is 491 g/mol. The van der Waals surface area contributed by atoms with Crippen molar-refractivity contribution in [2.75, 3.05) is 13.2 Å². The topological polar surface area (TPSA) is 67.6 Å². The van der Waals surface area contributed by atoms with Gasteiger partial charge in [-0.05, 0) is 42.2 Å². The van der Waals surface area contributed by atoms with Crippen LogP contribution in [0.2, 0.25) is 0 Å². The zero-order chi connectivity index (χ0) is 24.8. The lowest BCUT2D eigenvalue weighted by molar-refractivity contribution is -0.137. The first kappa shape index (κ1) is 24.9. The summed E-state index contributed by atoms with van der Waals surface area (Å²) in [5.74, 6) is -0.594. The van der Waals surface area contributed by atoms with E-state index in [9.17, 15) is 22.4 Å². The van der Waals surface area contributed by atoms with E-state index in [4.69, 9.17) is 9.15 Å². The highest BCUT2D eigenvalue weighted by Crippen LogP contribution is 2.30. The normalized spacial score (nSPS) is 16.1. The van der Waals surface area contributed by atoms with Crippen LogP contribution in [0, 0.1) is 5.82 Å². The number of benzene rings is 2. The first-order valence-electron chi connectivity index (χ1n) is 11.2. The molecular formula is C25H25F4N3O3. The van der Waals surface area contributed by atoms with E-state index in [0.29, 0.717) is 24.3 Å². The summed E-state index contributed by atoms with van der Waals surface area (Å²) in [7, 11) is 0. The molecule has 2 aromatic carbocycles. The monoisotopic (exact) mass is 491 g/mol. The number of nitrogens with one attached hydrogen (secondary N) is 1. The van der Waals surface area contributed by atoms with Gasteiger partial charge in [-0.25, -0.2) is 9.37 Å². The van der Waals surface area contributed by atoms with Crippen molar-refractivity contribution in [3.05, 3.63) is 88.9 Å². The van der Waals surface area contributed by atoms with Crippen LogP contribution >= 0.6 is 0 Å². The van der Waals surface area contributed by atoms with Crippen molar-refractivity contribution >= 4 is 5.91 Å². The molecule has 1 unspecified atom stereocenters. The van der Waals surface area contributed by atoms with Crippen LogP contribution in [0.5, 0.6) is 0 Å². The molecule has 35 heavy (non-hydrogen) atoms. The van der Waals surface area contributed by atoms with E-state index >= 15 is 0 Å². The van der Waals surface area contributed by atoms with E-state index in [0.717, 1.165) is 25.0 Å². The molecular weight excluding hydrogens is 466 g/mol. The van der Waals surface area contributed by atoms with Gasteiger partial charge < -0.3 is 14.5 Å². The number of aromatic nitrogens is 1. The lowest BCUT2D eigenvalue weighted by Gasteiger charge is -2.21. The van der Waals surface area contributed by atoms with Gasteiger partial charge in [0, 0.05) is 26.2 Å². The Kier molecular flexibility index (Phi) is 7.82. The average Bonchev–Trinajstić information content (AvgIpc) is 3.49. The number of hydrogen-bond donors (Lipinski definition) is 1. The number of amides is 1. The fraction of sp³-hybridized carbons (Fsp3) is 0.360. The Morgan fingerprint density at radius 3 is 2.51 bits per heavy atom. The van der Waals surface area contributed by atoms with Gasteiger partial charge in [0.1, 0.15) is 12.1 Å². The summed E-state index contributed by atoms with van der Waals surface area (Å²) in [6.45, 7) is 1.52. The van der Waals surface area contributed by atoms with Gasteiger partial charge in [-0.15, -0.1) is 0 Å². The first-order chi connectivity index (χ1) is 16.8. The van der Waals surface area contributed by atoms with Crippen LogP contribution < -0.4 is 5.32 Å². The second kappa shape index (κ2) is 11.0. The summed E-state index contributed by atoms with van der Waals surface area (Å²) in [5, 5.41) is 2.77. The molecule has 1 aromatic heterocycles. The molecule has 0 spiro atoms. The molecule has 1 aliphatic heterocycles. The predicted molar refractivity (Wildman–Crippen MR) is 119 cm³/mol. The molecule has 1 aliphatic rings. The lowest BCUT2D eigenvalue weighted by atomic mass is 10.1. The maximum atomic E-state index is 13.7. The predicted octanol–water partition coefficient (Wildman–Crippen LogP) is 4.94. The maximum Gasteiger partial charge on any atom is 0.416 e. The number of alkyl halides is 3. The SMILES string of the molecule is O=C(NCC1CCCO1)c1coc(CN(Cc2cccc(F)c2)Cc2cccc(C(F)(F)F)c2)n1. The second-order valence-electron chi connectivity index (χ2n) is 8.44. The Hall–Kier alpha value is -3.24. The van der Waals surface area contributed by atoms with Gasteiger partial charge in [0.05, 0.1) is 18.2 Å². The minimum atomic E-state index is -4.46. The molecule has 1 N–H and O–H groups in total. The van der Waals surface area contributed by atoms with Crippen molar-refractivity contribution < 1.29 is 31.5 Å². The third-order valence-electron chi connectivity index (χ3n) is 5.61. The zero-order valence-electron chi connectivity index (χ0n) is 18.9. The van der Waals surface area contributed by atoms with Crippen LogP contribution in [0.1, 0.15) is 45.9 Å². The van der Waals surface area contributed by atoms with Crippen molar-refractivity contribution in [3.63, 3.8) is 0 Å². The van der Waals surface area contributed by atoms with Gasteiger partial charge in [0.2, 0.25) is 5.89 Å². The smallest absolute Gasteiger partial charge is 0.416 e. The van der Waals surface area contributed by atoms with Gasteiger partial charge in [-0.1, -0.05) is 30.3 Å². The van der Waals surface area contributed by atoms with E-state index in [1.807, 2.05) is 0 Å². The van der Waals surface area contributed by atoms with Crippen molar-refractivity contribution in [3.8, 4) is 0 Å². The van der Waals surface area contributed by atoms with Gasteiger partial charge in [0.15, 0.2) is 5.69 Å². The van der Waals surface area contributed by atoms with Gasteiger partial charge in [-0.2, -0.15) is 13.2 Å². The van der Waals surface area contributed by atoms with Crippen molar-refractivity contribution in [1.82, 2.24) is 15.2 Å². The highest BCUT2D eigenvalue weighted by Gasteiger charge is 2.30. The molecule has 3 aromatic rings. The summed E-state index contributed by atoms with van der Waals surface area (Å²) >= 11 is 0. The van der Waals surface area contributed by atoms with Crippen LogP contribution in [0.4, 0.5) is 17.6 Å². The Bertz CT molecular complexity index is 1140. The number of oxazole rings is 1. The number of carbonyl (C=O) groups is 1. The number of rotatable bonds is 9. The molecule has 1 atom stereocenters. The Morgan fingerprint density at radius 2 is 1.83 bits per heavy atom. The molecule has 1 fully saturated rings. The second-order valence-corrected chi connectivity index (χ2v) is 8.44. The minimum Gasteiger partial charge on any atom is -0.447 e. The standard InChI is InChI=1S/C25H25F4N3O3/c26-20-7-2-5-18(11-20)14-32(13-17-4-1-6-19(10-17)25(27,28)29)15-23-31-22(16-35-23)24(33)30-12-21-8-3-9-34-21/h1-2,4-7,10-11,16,21H,3,8-9,12-15H2,(H,30,33). The van der Waals surface area contributed by atoms with E-state index in [1.54, 1.807) is 23.1 Å². The minimum absolute atomic E-state index is 0.0143. The van der Waals surface area contributed by atoms with Crippen molar-refractivity contribution in [2.24, 2.45) is 0 Å². The number of ether oxygens (including phenoxy) is 1. The largest absolute Gasteiger partial charge is 0.447 e. The summed E-state index contributed by atoms with van der Waals surface area (Å²) < 4.78 is 64.1. The highest BCUT2D eigenvalue weighted by atomic mass is 19.4. The molecule has 186 valence electrons.